The highest BCUT2D eigenvalue weighted by Crippen LogP contribution is 2.11. The van der Waals surface area contributed by atoms with Crippen LogP contribution in [0.2, 0.25) is 0 Å². The smallest absolute Gasteiger partial charge is 0.0900 e. The lowest BCUT2D eigenvalue weighted by Crippen LogP contribution is -2.36. The normalized spacial score (nSPS) is 12.5. The summed E-state index contributed by atoms with van der Waals surface area (Å²) in [6.45, 7) is 5.74. The molecular weight excluding hydrogens is 314 g/mol. The molecule has 1 N–H and O–H groups in total. The summed E-state index contributed by atoms with van der Waals surface area (Å²) < 4.78 is 10.9. The molecule has 0 heterocycles. The predicted molar refractivity (Wildman–Crippen MR) is 100 cm³/mol. The Bertz CT molecular complexity index is 603. The van der Waals surface area contributed by atoms with Crippen LogP contribution in [-0.4, -0.2) is 49.5 Å². The van der Waals surface area contributed by atoms with E-state index in [0.717, 1.165) is 18.7 Å². The SMILES string of the molecule is COCCN(Cc1ccccc1C)C[C@@H](O)COCc1ccccc1. The molecule has 4 nitrogen and oxygen atoms in total. The molecule has 0 aliphatic heterocycles. The van der Waals surface area contributed by atoms with Gasteiger partial charge in [0.25, 0.3) is 0 Å². The largest absolute Gasteiger partial charge is 0.389 e. The van der Waals surface area contributed by atoms with Gasteiger partial charge in [-0.2, -0.15) is 0 Å². The van der Waals surface area contributed by atoms with Crippen molar-refractivity contribution >= 4 is 0 Å². The van der Waals surface area contributed by atoms with E-state index in [-0.39, 0.29) is 0 Å². The number of hydrogen-bond donors (Lipinski definition) is 1. The summed E-state index contributed by atoms with van der Waals surface area (Å²) in [4.78, 5) is 2.21. The number of aryl methyl sites for hydroxylation is 1. The number of nitrogens with zero attached hydrogens (tertiary/aromatic N) is 1. The number of benzene rings is 2. The van der Waals surface area contributed by atoms with E-state index < -0.39 is 6.10 Å². The molecule has 0 aliphatic carbocycles. The third kappa shape index (κ3) is 7.36. The van der Waals surface area contributed by atoms with E-state index in [1.54, 1.807) is 7.11 Å². The number of aliphatic hydroxyl groups is 1. The van der Waals surface area contributed by atoms with Gasteiger partial charge in [-0.15, -0.1) is 0 Å². The Morgan fingerprint density at radius 1 is 1.04 bits per heavy atom. The summed E-state index contributed by atoms with van der Waals surface area (Å²) in [6, 6.07) is 18.4. The quantitative estimate of drug-likeness (QED) is 0.681. The Balaban J connectivity index is 1.82. The second-order valence-electron chi connectivity index (χ2n) is 6.31. The molecule has 4 heteroatoms. The van der Waals surface area contributed by atoms with Crippen molar-refractivity contribution in [1.82, 2.24) is 4.90 Å². The molecule has 0 saturated carbocycles. The Morgan fingerprint density at radius 3 is 2.48 bits per heavy atom. The first-order chi connectivity index (χ1) is 12.2. The summed E-state index contributed by atoms with van der Waals surface area (Å²) in [6.07, 6.45) is -0.524. The van der Waals surface area contributed by atoms with Crippen molar-refractivity contribution in [3.05, 3.63) is 71.3 Å². The zero-order chi connectivity index (χ0) is 17.9. The van der Waals surface area contributed by atoms with E-state index in [0.29, 0.717) is 26.4 Å². The Kier molecular flexibility index (Phi) is 8.63. The standard InChI is InChI=1S/C21H29NO3/c1-18-8-6-7-11-20(18)14-22(12-13-24-2)15-21(23)17-25-16-19-9-4-3-5-10-19/h3-11,21,23H,12-17H2,1-2H3/t21-/m1/s1. The molecular formula is C21H29NO3. The summed E-state index contributed by atoms with van der Waals surface area (Å²) >= 11 is 0. The van der Waals surface area contributed by atoms with Crippen LogP contribution in [0.5, 0.6) is 0 Å². The minimum Gasteiger partial charge on any atom is -0.389 e. The third-order valence-corrected chi connectivity index (χ3v) is 4.16. The maximum absolute atomic E-state index is 10.3. The van der Waals surface area contributed by atoms with Crippen LogP contribution in [0, 0.1) is 6.92 Å². The van der Waals surface area contributed by atoms with Crippen LogP contribution >= 0.6 is 0 Å². The summed E-state index contributed by atoms with van der Waals surface area (Å²) in [5.41, 5.74) is 3.65. The zero-order valence-electron chi connectivity index (χ0n) is 15.2. The topological polar surface area (TPSA) is 41.9 Å². The number of methoxy groups -OCH3 is 1. The lowest BCUT2D eigenvalue weighted by molar-refractivity contribution is 0.00476. The molecule has 2 aromatic rings. The Morgan fingerprint density at radius 2 is 1.76 bits per heavy atom. The van der Waals surface area contributed by atoms with Gasteiger partial charge in [-0.05, 0) is 23.6 Å². The second kappa shape index (κ2) is 11.0. The summed E-state index contributed by atoms with van der Waals surface area (Å²) in [5, 5.41) is 10.3. The van der Waals surface area contributed by atoms with E-state index in [9.17, 15) is 5.11 Å². The summed E-state index contributed by atoms with van der Waals surface area (Å²) in [7, 11) is 1.70. The molecule has 25 heavy (non-hydrogen) atoms. The van der Waals surface area contributed by atoms with Crippen LogP contribution in [0.1, 0.15) is 16.7 Å². The van der Waals surface area contributed by atoms with Crippen molar-refractivity contribution in [2.45, 2.75) is 26.2 Å². The number of aliphatic hydroxyl groups excluding tert-OH is 1. The molecule has 0 aromatic heterocycles. The van der Waals surface area contributed by atoms with Crippen molar-refractivity contribution in [3.8, 4) is 0 Å². The van der Waals surface area contributed by atoms with Gasteiger partial charge in [0.1, 0.15) is 0 Å². The number of hydrogen-bond acceptors (Lipinski definition) is 4. The van der Waals surface area contributed by atoms with E-state index in [1.165, 1.54) is 11.1 Å². The number of ether oxygens (including phenoxy) is 2. The first kappa shape index (κ1) is 19.6. The van der Waals surface area contributed by atoms with Crippen LogP contribution in [0.3, 0.4) is 0 Å². The molecule has 0 aliphatic rings. The maximum Gasteiger partial charge on any atom is 0.0900 e. The highest BCUT2D eigenvalue weighted by Gasteiger charge is 2.13. The van der Waals surface area contributed by atoms with Crippen LogP contribution < -0.4 is 0 Å². The molecule has 0 radical (unpaired) electrons. The molecule has 0 amide bonds. The minimum atomic E-state index is -0.524. The van der Waals surface area contributed by atoms with Crippen molar-refractivity contribution in [1.29, 1.82) is 0 Å². The highest BCUT2D eigenvalue weighted by atomic mass is 16.5. The van der Waals surface area contributed by atoms with Gasteiger partial charge < -0.3 is 14.6 Å². The Hall–Kier alpha value is -1.72. The van der Waals surface area contributed by atoms with Gasteiger partial charge in [-0.1, -0.05) is 54.6 Å². The minimum absolute atomic E-state index is 0.326. The van der Waals surface area contributed by atoms with Crippen LogP contribution in [0.25, 0.3) is 0 Å². The highest BCUT2D eigenvalue weighted by molar-refractivity contribution is 5.25. The monoisotopic (exact) mass is 343 g/mol. The van der Waals surface area contributed by atoms with E-state index in [4.69, 9.17) is 9.47 Å². The van der Waals surface area contributed by atoms with Crippen molar-refractivity contribution < 1.29 is 14.6 Å². The first-order valence-corrected chi connectivity index (χ1v) is 8.74. The molecule has 0 bridgehead atoms. The van der Waals surface area contributed by atoms with Crippen LogP contribution in [0.4, 0.5) is 0 Å². The van der Waals surface area contributed by atoms with Gasteiger partial charge in [0.2, 0.25) is 0 Å². The molecule has 2 aromatic carbocycles. The molecule has 0 unspecified atom stereocenters. The van der Waals surface area contributed by atoms with Crippen molar-refractivity contribution in [2.75, 3.05) is 33.4 Å². The van der Waals surface area contributed by atoms with Gasteiger partial charge in [-0.3, -0.25) is 4.90 Å². The van der Waals surface area contributed by atoms with Gasteiger partial charge in [0, 0.05) is 26.7 Å². The maximum atomic E-state index is 10.3. The van der Waals surface area contributed by atoms with E-state index in [2.05, 4.69) is 30.0 Å². The fraction of sp³-hybridized carbons (Fsp3) is 0.429. The van der Waals surface area contributed by atoms with Gasteiger partial charge in [-0.25, -0.2) is 0 Å². The van der Waals surface area contributed by atoms with Gasteiger partial charge in [0.05, 0.1) is 25.9 Å². The number of rotatable bonds is 11. The fourth-order valence-electron chi connectivity index (χ4n) is 2.72. The second-order valence-corrected chi connectivity index (χ2v) is 6.31. The molecule has 2 rings (SSSR count). The van der Waals surface area contributed by atoms with Crippen LogP contribution in [0.15, 0.2) is 54.6 Å². The predicted octanol–water partition coefficient (Wildman–Crippen LogP) is 3.02. The lowest BCUT2D eigenvalue weighted by Gasteiger charge is -2.25. The van der Waals surface area contributed by atoms with Crippen molar-refractivity contribution in [3.63, 3.8) is 0 Å². The van der Waals surface area contributed by atoms with Gasteiger partial charge >= 0.3 is 0 Å². The summed E-state index contributed by atoms with van der Waals surface area (Å²) in [5.74, 6) is 0. The molecule has 0 spiro atoms. The first-order valence-electron chi connectivity index (χ1n) is 8.74. The average Bonchev–Trinajstić information content (AvgIpc) is 2.62. The molecule has 0 fully saturated rings. The molecule has 136 valence electrons. The molecule has 1 atom stereocenters. The van der Waals surface area contributed by atoms with Crippen LogP contribution in [-0.2, 0) is 22.6 Å². The van der Waals surface area contributed by atoms with E-state index in [1.807, 2.05) is 36.4 Å². The van der Waals surface area contributed by atoms with Crippen molar-refractivity contribution in [2.24, 2.45) is 0 Å². The Labute approximate surface area is 151 Å². The zero-order valence-corrected chi connectivity index (χ0v) is 15.2. The van der Waals surface area contributed by atoms with Gasteiger partial charge in [0.15, 0.2) is 0 Å². The molecule has 0 saturated heterocycles. The third-order valence-electron chi connectivity index (χ3n) is 4.16. The van der Waals surface area contributed by atoms with E-state index >= 15 is 0 Å². The lowest BCUT2D eigenvalue weighted by atomic mass is 10.1. The fourth-order valence-corrected chi connectivity index (χ4v) is 2.72. The average molecular weight is 343 g/mol.